The zero-order chi connectivity index (χ0) is 24.6. The van der Waals surface area contributed by atoms with E-state index in [4.69, 9.17) is 5.73 Å². The van der Waals surface area contributed by atoms with Crippen LogP contribution in [0.5, 0.6) is 0 Å². The highest BCUT2D eigenvalue weighted by atomic mass is 19.4. The predicted molar refractivity (Wildman–Crippen MR) is 108 cm³/mol. The van der Waals surface area contributed by atoms with Crippen LogP contribution in [-0.2, 0) is 30.5 Å². The molecule has 1 unspecified atom stereocenters. The van der Waals surface area contributed by atoms with E-state index in [9.17, 15) is 31.1 Å². The maximum Gasteiger partial charge on any atom is 0.449 e. The molecular formula is C22H19F6N5O. The van der Waals surface area contributed by atoms with Crippen molar-refractivity contribution in [2.45, 2.75) is 38.1 Å². The number of rotatable bonds is 5. The van der Waals surface area contributed by atoms with Crippen LogP contribution in [-0.4, -0.2) is 37.9 Å². The van der Waals surface area contributed by atoms with Crippen molar-refractivity contribution in [1.29, 1.82) is 0 Å². The molecule has 1 aliphatic heterocycles. The number of aromatic nitrogens is 3. The van der Waals surface area contributed by atoms with E-state index >= 15 is 0 Å². The van der Waals surface area contributed by atoms with Crippen LogP contribution < -0.4 is 5.73 Å². The Morgan fingerprint density at radius 3 is 2.41 bits per heavy atom. The van der Waals surface area contributed by atoms with Crippen LogP contribution in [0, 0.1) is 17.5 Å². The van der Waals surface area contributed by atoms with E-state index in [1.807, 2.05) is 0 Å². The molecule has 4 rings (SSSR count). The zero-order valence-corrected chi connectivity index (χ0v) is 17.6. The van der Waals surface area contributed by atoms with Crippen molar-refractivity contribution in [3.05, 3.63) is 71.2 Å². The molecule has 0 bridgehead atoms. The molecule has 2 N–H and O–H groups in total. The molecule has 0 radical (unpaired) electrons. The van der Waals surface area contributed by atoms with E-state index in [2.05, 4.69) is 9.97 Å². The van der Waals surface area contributed by atoms with E-state index in [0.717, 1.165) is 4.57 Å². The number of halogens is 6. The Labute approximate surface area is 190 Å². The second-order valence-electron chi connectivity index (χ2n) is 7.96. The summed E-state index contributed by atoms with van der Waals surface area (Å²) in [6.45, 7) is -0.264. The molecule has 12 heteroatoms. The van der Waals surface area contributed by atoms with Crippen molar-refractivity contribution < 1.29 is 31.1 Å². The monoisotopic (exact) mass is 483 g/mol. The zero-order valence-electron chi connectivity index (χ0n) is 17.6. The third-order valence-corrected chi connectivity index (χ3v) is 5.57. The number of amides is 1. The Morgan fingerprint density at radius 1 is 1.06 bits per heavy atom. The fourth-order valence-corrected chi connectivity index (χ4v) is 3.97. The summed E-state index contributed by atoms with van der Waals surface area (Å²) in [5.74, 6) is -5.06. The number of nitrogens with two attached hydrogens (primary N) is 1. The van der Waals surface area contributed by atoms with Crippen molar-refractivity contribution in [2.75, 3.05) is 6.54 Å². The number of benzene rings is 1. The Bertz CT molecular complexity index is 1210. The first-order chi connectivity index (χ1) is 16.0. The van der Waals surface area contributed by atoms with Crippen molar-refractivity contribution in [3.8, 4) is 11.3 Å². The first-order valence-corrected chi connectivity index (χ1v) is 10.3. The smallest absolute Gasteiger partial charge is 0.335 e. The second kappa shape index (κ2) is 9.09. The Balaban J connectivity index is 1.53. The number of hydrogen-bond acceptors (Lipinski definition) is 4. The van der Waals surface area contributed by atoms with Gasteiger partial charge in [-0.3, -0.25) is 9.78 Å². The van der Waals surface area contributed by atoms with Gasteiger partial charge < -0.3 is 15.2 Å². The summed E-state index contributed by atoms with van der Waals surface area (Å²) in [5.41, 5.74) is 6.51. The van der Waals surface area contributed by atoms with Gasteiger partial charge in [0, 0.05) is 49.6 Å². The molecule has 0 fully saturated rings. The van der Waals surface area contributed by atoms with Gasteiger partial charge in [0.15, 0.2) is 11.6 Å². The molecule has 1 atom stereocenters. The summed E-state index contributed by atoms with van der Waals surface area (Å²) in [4.78, 5) is 21.8. The largest absolute Gasteiger partial charge is 0.449 e. The van der Waals surface area contributed by atoms with E-state index in [-0.39, 0.29) is 49.4 Å². The fourth-order valence-electron chi connectivity index (χ4n) is 3.97. The van der Waals surface area contributed by atoms with Crippen LogP contribution in [0.25, 0.3) is 11.3 Å². The van der Waals surface area contributed by atoms with Crippen LogP contribution in [0.15, 0.2) is 36.7 Å². The number of nitrogens with zero attached hydrogens (tertiary/aromatic N) is 4. The van der Waals surface area contributed by atoms with Crippen LogP contribution in [0.3, 0.4) is 0 Å². The van der Waals surface area contributed by atoms with E-state index in [1.165, 1.54) is 29.4 Å². The van der Waals surface area contributed by atoms with Gasteiger partial charge in [-0.25, -0.2) is 18.2 Å². The van der Waals surface area contributed by atoms with Crippen molar-refractivity contribution in [2.24, 2.45) is 5.73 Å². The minimum absolute atomic E-state index is 0.00663. The Morgan fingerprint density at radius 2 is 1.74 bits per heavy atom. The highest BCUT2D eigenvalue weighted by Gasteiger charge is 2.40. The van der Waals surface area contributed by atoms with E-state index < -0.39 is 41.4 Å². The molecule has 180 valence electrons. The molecule has 0 spiro atoms. The van der Waals surface area contributed by atoms with Crippen molar-refractivity contribution in [3.63, 3.8) is 0 Å². The minimum Gasteiger partial charge on any atom is -0.335 e. The maximum absolute atomic E-state index is 13.9. The summed E-state index contributed by atoms with van der Waals surface area (Å²) >= 11 is 0. The number of fused-ring (bicyclic) bond motifs is 1. The fraction of sp³-hybridized carbons (Fsp3) is 0.318. The average Bonchev–Trinajstić information content (AvgIpc) is 3.17. The van der Waals surface area contributed by atoms with Gasteiger partial charge in [-0.2, -0.15) is 13.2 Å². The molecule has 1 amide bonds. The van der Waals surface area contributed by atoms with E-state index in [1.54, 1.807) is 0 Å². The van der Waals surface area contributed by atoms with Gasteiger partial charge in [0.2, 0.25) is 11.7 Å². The number of imidazole rings is 1. The molecule has 0 saturated carbocycles. The van der Waals surface area contributed by atoms with Crippen LogP contribution in [0.4, 0.5) is 26.3 Å². The average molecular weight is 483 g/mol. The topological polar surface area (TPSA) is 77.0 Å². The number of carbonyl (C=O) groups excluding carboxylic acids is 1. The molecule has 6 nitrogen and oxygen atoms in total. The highest BCUT2D eigenvalue weighted by molar-refractivity contribution is 5.77. The molecule has 34 heavy (non-hydrogen) atoms. The molecule has 2 aromatic heterocycles. The molecule has 1 aliphatic rings. The standard InChI is InChI=1S/C22H19F6N5O/c23-15-10-17(25)16(24)8-13(15)7-14(29)9-19(34)32-5-6-33-18(11-32)20(12-1-3-30-4-2-12)31-21(33)22(26,27)28/h1-4,8,10,14H,5-7,9,11,29H2. The first-order valence-electron chi connectivity index (χ1n) is 10.3. The van der Waals surface area contributed by atoms with Gasteiger partial charge in [-0.15, -0.1) is 0 Å². The summed E-state index contributed by atoms with van der Waals surface area (Å²) < 4.78 is 82.1. The van der Waals surface area contributed by atoms with Crippen LogP contribution in [0.1, 0.15) is 23.5 Å². The first kappa shape index (κ1) is 23.7. The molecule has 3 heterocycles. The third-order valence-electron chi connectivity index (χ3n) is 5.57. The van der Waals surface area contributed by atoms with E-state index in [0.29, 0.717) is 17.7 Å². The van der Waals surface area contributed by atoms with Crippen LogP contribution in [0.2, 0.25) is 0 Å². The van der Waals surface area contributed by atoms with Gasteiger partial charge in [0.25, 0.3) is 0 Å². The lowest BCUT2D eigenvalue weighted by Gasteiger charge is -2.30. The third kappa shape index (κ3) is 4.76. The van der Waals surface area contributed by atoms with Crippen molar-refractivity contribution >= 4 is 5.91 Å². The quantitative estimate of drug-likeness (QED) is 0.444. The summed E-state index contributed by atoms with van der Waals surface area (Å²) in [7, 11) is 0. The van der Waals surface area contributed by atoms with Gasteiger partial charge >= 0.3 is 6.18 Å². The number of pyridine rings is 1. The number of hydrogen-bond donors (Lipinski definition) is 1. The van der Waals surface area contributed by atoms with Gasteiger partial charge in [-0.05, 0) is 30.2 Å². The highest BCUT2D eigenvalue weighted by Crippen LogP contribution is 2.35. The molecular weight excluding hydrogens is 464 g/mol. The summed E-state index contributed by atoms with van der Waals surface area (Å²) in [5, 5.41) is 0. The Kier molecular flexibility index (Phi) is 6.34. The lowest BCUT2D eigenvalue weighted by Crippen LogP contribution is -2.42. The lowest BCUT2D eigenvalue weighted by molar-refractivity contribution is -0.148. The molecule has 3 aromatic rings. The Hall–Kier alpha value is -3.41. The van der Waals surface area contributed by atoms with Gasteiger partial charge in [0.05, 0.1) is 17.9 Å². The maximum atomic E-state index is 13.9. The molecule has 0 saturated heterocycles. The number of carbonyl (C=O) groups is 1. The molecule has 1 aromatic carbocycles. The van der Waals surface area contributed by atoms with Crippen molar-refractivity contribution in [1.82, 2.24) is 19.4 Å². The summed E-state index contributed by atoms with van der Waals surface area (Å²) in [6.07, 6.45) is -2.31. The second-order valence-corrected chi connectivity index (χ2v) is 7.96. The summed E-state index contributed by atoms with van der Waals surface area (Å²) in [6, 6.07) is 3.23. The van der Waals surface area contributed by atoms with Crippen LogP contribution >= 0.6 is 0 Å². The predicted octanol–water partition coefficient (Wildman–Crippen LogP) is 3.68. The molecule has 0 aliphatic carbocycles. The lowest BCUT2D eigenvalue weighted by atomic mass is 10.0. The van der Waals surface area contributed by atoms with Gasteiger partial charge in [-0.1, -0.05) is 0 Å². The normalized spacial score (nSPS) is 14.7. The SMILES string of the molecule is NC(CC(=O)N1CCn2c(C(F)(F)F)nc(-c3ccncc3)c2C1)Cc1cc(F)c(F)cc1F. The minimum atomic E-state index is -4.68. The van der Waals surface area contributed by atoms with Gasteiger partial charge in [0.1, 0.15) is 5.82 Å². The number of alkyl halides is 3.